The fraction of sp³-hybridized carbons (Fsp3) is 0.429. The van der Waals surface area contributed by atoms with Gasteiger partial charge in [-0.2, -0.15) is 0 Å². The number of nitrogens with two attached hydrogens (primary N) is 1. The third kappa shape index (κ3) is 1.82. The van der Waals surface area contributed by atoms with Gasteiger partial charge in [0.25, 0.3) is 0 Å². The lowest BCUT2D eigenvalue weighted by atomic mass is 10.1. The van der Waals surface area contributed by atoms with E-state index in [1.807, 2.05) is 12.1 Å². The van der Waals surface area contributed by atoms with Crippen LogP contribution in [0.5, 0.6) is 11.5 Å². The Labute approximate surface area is 107 Å². The third-order valence-electron chi connectivity index (χ3n) is 3.52. The molecule has 0 aliphatic heterocycles. The Balaban J connectivity index is 2.75. The van der Waals surface area contributed by atoms with Crippen LogP contribution in [0.25, 0.3) is 10.9 Å². The van der Waals surface area contributed by atoms with Gasteiger partial charge in [0.15, 0.2) is 11.5 Å². The van der Waals surface area contributed by atoms with Crippen molar-refractivity contribution in [2.45, 2.75) is 13.3 Å². The lowest BCUT2D eigenvalue weighted by molar-refractivity contribution is 0.355. The fourth-order valence-corrected chi connectivity index (χ4v) is 2.43. The molecule has 0 fully saturated rings. The summed E-state index contributed by atoms with van der Waals surface area (Å²) in [5.74, 6) is 1.51. The molecule has 0 bridgehead atoms. The van der Waals surface area contributed by atoms with Crippen LogP contribution in [-0.2, 0) is 13.5 Å². The monoisotopic (exact) mass is 248 g/mol. The zero-order valence-electron chi connectivity index (χ0n) is 11.4. The lowest BCUT2D eigenvalue weighted by Gasteiger charge is -2.08. The Morgan fingerprint density at radius 1 is 1.17 bits per heavy atom. The standard InChI is InChI=1S/C14H20N2O2/c1-9-10(5-6-15)11-7-13(17-3)14(18-4)8-12(11)16(9)2/h7-8H,5-6,15H2,1-4H3. The maximum Gasteiger partial charge on any atom is 0.162 e. The molecule has 0 radical (unpaired) electrons. The van der Waals surface area contributed by atoms with Crippen LogP contribution in [0, 0.1) is 6.92 Å². The molecule has 0 spiro atoms. The van der Waals surface area contributed by atoms with E-state index in [4.69, 9.17) is 15.2 Å². The van der Waals surface area contributed by atoms with E-state index in [2.05, 4.69) is 18.5 Å². The van der Waals surface area contributed by atoms with Crippen LogP contribution in [0.1, 0.15) is 11.3 Å². The van der Waals surface area contributed by atoms with Crippen molar-refractivity contribution in [2.24, 2.45) is 12.8 Å². The normalized spacial score (nSPS) is 10.9. The number of benzene rings is 1. The molecule has 2 aromatic rings. The number of aryl methyl sites for hydroxylation is 1. The Bertz CT molecular complexity index is 573. The average molecular weight is 248 g/mol. The summed E-state index contributed by atoms with van der Waals surface area (Å²) in [7, 11) is 5.37. The van der Waals surface area contributed by atoms with E-state index in [1.54, 1.807) is 14.2 Å². The summed E-state index contributed by atoms with van der Waals surface area (Å²) in [5, 5.41) is 1.19. The van der Waals surface area contributed by atoms with E-state index in [1.165, 1.54) is 16.6 Å². The van der Waals surface area contributed by atoms with Crippen molar-refractivity contribution in [1.82, 2.24) is 4.57 Å². The lowest BCUT2D eigenvalue weighted by Crippen LogP contribution is -2.04. The van der Waals surface area contributed by atoms with Gasteiger partial charge < -0.3 is 19.8 Å². The van der Waals surface area contributed by atoms with Gasteiger partial charge in [0.05, 0.1) is 19.7 Å². The SMILES string of the molecule is COc1cc2c(CCN)c(C)n(C)c2cc1OC. The number of rotatable bonds is 4. The summed E-state index contributed by atoms with van der Waals surface area (Å²) in [6, 6.07) is 4.05. The van der Waals surface area contributed by atoms with Gasteiger partial charge in [-0.05, 0) is 31.5 Å². The van der Waals surface area contributed by atoms with Crippen LogP contribution in [0.3, 0.4) is 0 Å². The second kappa shape index (κ2) is 4.90. The largest absolute Gasteiger partial charge is 0.493 e. The molecule has 18 heavy (non-hydrogen) atoms. The molecule has 4 nitrogen and oxygen atoms in total. The summed E-state index contributed by atoms with van der Waals surface area (Å²) in [6.45, 7) is 2.76. The zero-order chi connectivity index (χ0) is 13.3. The summed E-state index contributed by atoms with van der Waals surface area (Å²) < 4.78 is 12.9. The minimum Gasteiger partial charge on any atom is -0.493 e. The molecule has 2 rings (SSSR count). The van der Waals surface area contributed by atoms with Crippen LogP contribution in [-0.4, -0.2) is 25.3 Å². The van der Waals surface area contributed by atoms with Crippen molar-refractivity contribution in [1.29, 1.82) is 0 Å². The van der Waals surface area contributed by atoms with Crippen molar-refractivity contribution >= 4 is 10.9 Å². The Morgan fingerprint density at radius 3 is 2.33 bits per heavy atom. The Morgan fingerprint density at radius 2 is 1.78 bits per heavy atom. The summed E-state index contributed by atoms with van der Waals surface area (Å²) >= 11 is 0. The fourth-order valence-electron chi connectivity index (χ4n) is 2.43. The molecule has 1 aromatic heterocycles. The topological polar surface area (TPSA) is 49.4 Å². The molecule has 0 atom stereocenters. The molecular formula is C14H20N2O2. The Kier molecular flexibility index (Phi) is 3.48. The average Bonchev–Trinajstić information content (AvgIpc) is 2.62. The van der Waals surface area contributed by atoms with Crippen molar-refractivity contribution in [3.63, 3.8) is 0 Å². The van der Waals surface area contributed by atoms with Crippen LogP contribution in [0.4, 0.5) is 0 Å². The second-order valence-electron chi connectivity index (χ2n) is 4.39. The van der Waals surface area contributed by atoms with Crippen molar-refractivity contribution < 1.29 is 9.47 Å². The molecule has 98 valence electrons. The van der Waals surface area contributed by atoms with Crippen molar-refractivity contribution in [3.8, 4) is 11.5 Å². The molecule has 0 saturated heterocycles. The van der Waals surface area contributed by atoms with E-state index >= 15 is 0 Å². The van der Waals surface area contributed by atoms with Gasteiger partial charge in [-0.25, -0.2) is 0 Å². The van der Waals surface area contributed by atoms with Gasteiger partial charge in [0.2, 0.25) is 0 Å². The molecule has 1 aromatic carbocycles. The van der Waals surface area contributed by atoms with E-state index in [0.717, 1.165) is 23.4 Å². The predicted molar refractivity (Wildman–Crippen MR) is 73.5 cm³/mol. The summed E-state index contributed by atoms with van der Waals surface area (Å²) in [6.07, 6.45) is 0.874. The van der Waals surface area contributed by atoms with E-state index < -0.39 is 0 Å². The van der Waals surface area contributed by atoms with Crippen LogP contribution < -0.4 is 15.2 Å². The minimum absolute atomic E-state index is 0.647. The third-order valence-corrected chi connectivity index (χ3v) is 3.52. The van der Waals surface area contributed by atoms with Crippen LogP contribution in [0.2, 0.25) is 0 Å². The maximum absolute atomic E-state index is 5.69. The Hall–Kier alpha value is -1.68. The number of hydrogen-bond donors (Lipinski definition) is 1. The van der Waals surface area contributed by atoms with Gasteiger partial charge >= 0.3 is 0 Å². The number of nitrogens with zero attached hydrogens (tertiary/aromatic N) is 1. The molecule has 1 heterocycles. The molecule has 0 amide bonds. The molecule has 4 heteroatoms. The molecule has 0 aliphatic rings. The number of hydrogen-bond acceptors (Lipinski definition) is 3. The first kappa shape index (κ1) is 12.8. The maximum atomic E-state index is 5.69. The first-order valence-electron chi connectivity index (χ1n) is 6.04. The summed E-state index contributed by atoms with van der Waals surface area (Å²) in [5.41, 5.74) is 9.37. The second-order valence-corrected chi connectivity index (χ2v) is 4.39. The smallest absolute Gasteiger partial charge is 0.162 e. The molecular weight excluding hydrogens is 228 g/mol. The number of aromatic nitrogens is 1. The first-order chi connectivity index (χ1) is 8.63. The zero-order valence-corrected chi connectivity index (χ0v) is 11.4. The van der Waals surface area contributed by atoms with Gasteiger partial charge in [-0.15, -0.1) is 0 Å². The van der Waals surface area contributed by atoms with Crippen LogP contribution in [0.15, 0.2) is 12.1 Å². The number of ether oxygens (including phenoxy) is 2. The molecule has 2 N–H and O–H groups in total. The van der Waals surface area contributed by atoms with E-state index in [-0.39, 0.29) is 0 Å². The predicted octanol–water partition coefficient (Wildman–Crippen LogP) is 2.01. The van der Waals surface area contributed by atoms with Gasteiger partial charge in [0, 0.05) is 24.2 Å². The van der Waals surface area contributed by atoms with Gasteiger partial charge in [-0.3, -0.25) is 0 Å². The minimum atomic E-state index is 0.647. The number of methoxy groups -OCH3 is 2. The van der Waals surface area contributed by atoms with Crippen LogP contribution >= 0.6 is 0 Å². The van der Waals surface area contributed by atoms with Crippen molar-refractivity contribution in [3.05, 3.63) is 23.4 Å². The van der Waals surface area contributed by atoms with E-state index in [0.29, 0.717) is 6.54 Å². The molecule has 0 unspecified atom stereocenters. The highest BCUT2D eigenvalue weighted by molar-refractivity contribution is 5.88. The highest BCUT2D eigenvalue weighted by Crippen LogP contribution is 2.35. The first-order valence-corrected chi connectivity index (χ1v) is 6.04. The molecule has 0 aliphatic carbocycles. The highest BCUT2D eigenvalue weighted by atomic mass is 16.5. The quantitative estimate of drug-likeness (QED) is 0.900. The van der Waals surface area contributed by atoms with Crippen molar-refractivity contribution in [2.75, 3.05) is 20.8 Å². The van der Waals surface area contributed by atoms with Gasteiger partial charge in [-0.1, -0.05) is 0 Å². The van der Waals surface area contributed by atoms with Gasteiger partial charge in [0.1, 0.15) is 0 Å². The number of fused-ring (bicyclic) bond motifs is 1. The van der Waals surface area contributed by atoms with E-state index in [9.17, 15) is 0 Å². The summed E-state index contributed by atoms with van der Waals surface area (Å²) in [4.78, 5) is 0. The highest BCUT2D eigenvalue weighted by Gasteiger charge is 2.15. The molecule has 0 saturated carbocycles.